The van der Waals surface area contributed by atoms with Gasteiger partial charge in [0.25, 0.3) is 0 Å². The third-order valence-electron chi connectivity index (χ3n) is 3.84. The van der Waals surface area contributed by atoms with Gasteiger partial charge in [0.2, 0.25) is 0 Å². The fraction of sp³-hybridized carbons (Fsp3) is 0.400. The second-order valence-electron chi connectivity index (χ2n) is 5.02. The van der Waals surface area contributed by atoms with Crippen molar-refractivity contribution in [1.29, 1.82) is 0 Å². The Morgan fingerprint density at radius 2 is 2.16 bits per heavy atom. The summed E-state index contributed by atoms with van der Waals surface area (Å²) in [5.41, 5.74) is 2.22. The fourth-order valence-corrected chi connectivity index (χ4v) is 2.71. The maximum Gasteiger partial charge on any atom is 0.105 e. The molecule has 1 N–H and O–H groups in total. The van der Waals surface area contributed by atoms with Crippen LogP contribution in [0, 0.1) is 6.92 Å². The molecule has 1 aromatic heterocycles. The van der Waals surface area contributed by atoms with Gasteiger partial charge < -0.3 is 14.6 Å². The van der Waals surface area contributed by atoms with Crippen molar-refractivity contribution < 1.29 is 5.11 Å². The number of aryl methyl sites for hydroxylation is 1. The number of aliphatic hydroxyl groups excluding tert-OH is 1. The predicted octanol–water partition coefficient (Wildman–Crippen LogP) is 2.14. The zero-order valence-electron chi connectivity index (χ0n) is 11.2. The van der Waals surface area contributed by atoms with E-state index in [2.05, 4.69) is 20.5 Å². The van der Waals surface area contributed by atoms with Crippen molar-refractivity contribution in [2.75, 3.05) is 18.0 Å². The molecular formula is C15H19N3O. The van der Waals surface area contributed by atoms with Crippen molar-refractivity contribution in [2.45, 2.75) is 26.0 Å². The van der Waals surface area contributed by atoms with Gasteiger partial charge in [0.15, 0.2) is 0 Å². The van der Waals surface area contributed by atoms with E-state index in [1.807, 2.05) is 37.5 Å². The largest absolute Gasteiger partial charge is 0.388 e. The second-order valence-corrected chi connectivity index (χ2v) is 5.02. The minimum atomic E-state index is -0.317. The summed E-state index contributed by atoms with van der Waals surface area (Å²) in [4.78, 5) is 6.59. The molecule has 1 atom stereocenters. The predicted molar refractivity (Wildman–Crippen MR) is 75.2 cm³/mol. The molecule has 1 aliphatic rings. The summed E-state index contributed by atoms with van der Waals surface area (Å²) in [7, 11) is 0. The Labute approximate surface area is 113 Å². The summed E-state index contributed by atoms with van der Waals surface area (Å²) in [6.07, 6.45) is 4.34. The number of fused-ring (bicyclic) bond motifs is 1. The molecule has 0 amide bonds. The van der Waals surface area contributed by atoms with Gasteiger partial charge in [-0.2, -0.15) is 0 Å². The Bertz CT molecular complexity index is 564. The number of anilines is 1. The molecule has 4 heteroatoms. The highest BCUT2D eigenvalue weighted by Gasteiger charge is 2.22. The first-order chi connectivity index (χ1) is 9.25. The number of aromatic nitrogens is 2. The van der Waals surface area contributed by atoms with Crippen LogP contribution < -0.4 is 4.90 Å². The summed E-state index contributed by atoms with van der Waals surface area (Å²) in [5, 5.41) is 10.0. The van der Waals surface area contributed by atoms with Crippen LogP contribution in [0.3, 0.4) is 0 Å². The van der Waals surface area contributed by atoms with Crippen LogP contribution in [0.15, 0.2) is 36.7 Å². The Morgan fingerprint density at radius 3 is 2.95 bits per heavy atom. The smallest absolute Gasteiger partial charge is 0.105 e. The SMILES string of the molecule is Cc1nccn1CCN1CCC(O)c2ccccc21. The van der Waals surface area contributed by atoms with E-state index in [4.69, 9.17) is 0 Å². The minimum Gasteiger partial charge on any atom is -0.388 e. The molecule has 2 heterocycles. The van der Waals surface area contributed by atoms with E-state index < -0.39 is 0 Å². The molecule has 4 nitrogen and oxygen atoms in total. The Balaban J connectivity index is 1.76. The molecular weight excluding hydrogens is 238 g/mol. The van der Waals surface area contributed by atoms with Crippen LogP contribution in [0.4, 0.5) is 5.69 Å². The molecule has 100 valence electrons. The molecule has 19 heavy (non-hydrogen) atoms. The first-order valence-corrected chi connectivity index (χ1v) is 6.75. The Hall–Kier alpha value is -1.81. The van der Waals surface area contributed by atoms with E-state index >= 15 is 0 Å². The van der Waals surface area contributed by atoms with Crippen LogP contribution in [-0.4, -0.2) is 27.7 Å². The third-order valence-corrected chi connectivity index (χ3v) is 3.84. The highest BCUT2D eigenvalue weighted by atomic mass is 16.3. The average molecular weight is 257 g/mol. The molecule has 0 fully saturated rings. The quantitative estimate of drug-likeness (QED) is 0.916. The van der Waals surface area contributed by atoms with E-state index in [9.17, 15) is 5.11 Å². The van der Waals surface area contributed by atoms with E-state index in [0.29, 0.717) is 0 Å². The third kappa shape index (κ3) is 2.36. The fourth-order valence-electron chi connectivity index (χ4n) is 2.71. The van der Waals surface area contributed by atoms with Crippen molar-refractivity contribution in [2.24, 2.45) is 0 Å². The number of hydrogen-bond donors (Lipinski definition) is 1. The standard InChI is InChI=1S/C15H19N3O/c1-12-16-7-9-17(12)10-11-18-8-6-15(19)13-4-2-3-5-14(13)18/h2-5,7,9,15,19H,6,8,10-11H2,1H3. The van der Waals surface area contributed by atoms with Gasteiger partial charge in [0, 0.05) is 43.3 Å². The normalized spacial score (nSPS) is 18.4. The van der Waals surface area contributed by atoms with Crippen LogP contribution in [-0.2, 0) is 6.54 Å². The summed E-state index contributed by atoms with van der Waals surface area (Å²) < 4.78 is 2.16. The first kappa shape index (κ1) is 12.2. The number of benzene rings is 1. The second kappa shape index (κ2) is 5.05. The van der Waals surface area contributed by atoms with Gasteiger partial charge in [-0.3, -0.25) is 0 Å². The lowest BCUT2D eigenvalue weighted by Crippen LogP contribution is -2.33. The van der Waals surface area contributed by atoms with Crippen LogP contribution in [0.2, 0.25) is 0 Å². The number of hydrogen-bond acceptors (Lipinski definition) is 3. The summed E-state index contributed by atoms with van der Waals surface area (Å²) >= 11 is 0. The Morgan fingerprint density at radius 1 is 1.32 bits per heavy atom. The van der Waals surface area contributed by atoms with Crippen molar-refractivity contribution in [3.8, 4) is 0 Å². The molecule has 0 saturated carbocycles. The molecule has 1 aromatic carbocycles. The molecule has 1 unspecified atom stereocenters. The first-order valence-electron chi connectivity index (χ1n) is 6.75. The Kier molecular flexibility index (Phi) is 3.25. The highest BCUT2D eigenvalue weighted by Crippen LogP contribution is 2.33. The average Bonchev–Trinajstić information content (AvgIpc) is 2.84. The van der Waals surface area contributed by atoms with E-state index in [1.54, 1.807) is 0 Å². The summed E-state index contributed by atoms with van der Waals surface area (Å²) in [5.74, 6) is 1.05. The van der Waals surface area contributed by atoms with Gasteiger partial charge in [-0.05, 0) is 19.4 Å². The van der Waals surface area contributed by atoms with E-state index in [0.717, 1.165) is 37.4 Å². The van der Waals surface area contributed by atoms with Gasteiger partial charge in [0.05, 0.1) is 6.10 Å². The van der Waals surface area contributed by atoms with Gasteiger partial charge in [-0.1, -0.05) is 18.2 Å². The molecule has 2 aromatic rings. The van der Waals surface area contributed by atoms with Gasteiger partial charge in [-0.15, -0.1) is 0 Å². The number of nitrogens with zero attached hydrogens (tertiary/aromatic N) is 3. The number of para-hydroxylation sites is 1. The van der Waals surface area contributed by atoms with E-state index in [-0.39, 0.29) is 6.10 Å². The lowest BCUT2D eigenvalue weighted by Gasteiger charge is -2.34. The summed E-state index contributed by atoms with van der Waals surface area (Å²) in [6, 6.07) is 8.14. The lowest BCUT2D eigenvalue weighted by molar-refractivity contribution is 0.164. The van der Waals surface area contributed by atoms with Crippen LogP contribution in [0.25, 0.3) is 0 Å². The van der Waals surface area contributed by atoms with Crippen LogP contribution in [0.5, 0.6) is 0 Å². The van der Waals surface area contributed by atoms with E-state index in [1.165, 1.54) is 5.69 Å². The molecule has 0 spiro atoms. The molecule has 3 rings (SSSR count). The summed E-state index contributed by atoms with van der Waals surface area (Å²) in [6.45, 7) is 4.80. The zero-order valence-corrected chi connectivity index (χ0v) is 11.2. The number of imidazole rings is 1. The molecule has 0 radical (unpaired) electrons. The molecule has 0 aliphatic carbocycles. The number of rotatable bonds is 3. The lowest BCUT2D eigenvalue weighted by atomic mass is 9.99. The van der Waals surface area contributed by atoms with Gasteiger partial charge >= 0.3 is 0 Å². The highest BCUT2D eigenvalue weighted by molar-refractivity contribution is 5.56. The maximum atomic E-state index is 10.0. The molecule has 1 aliphatic heterocycles. The zero-order chi connectivity index (χ0) is 13.2. The monoisotopic (exact) mass is 257 g/mol. The minimum absolute atomic E-state index is 0.317. The van der Waals surface area contributed by atoms with Crippen LogP contribution >= 0.6 is 0 Å². The molecule has 0 bridgehead atoms. The topological polar surface area (TPSA) is 41.3 Å². The van der Waals surface area contributed by atoms with Crippen LogP contribution in [0.1, 0.15) is 23.9 Å². The maximum absolute atomic E-state index is 10.0. The van der Waals surface area contributed by atoms with Crippen molar-refractivity contribution in [1.82, 2.24) is 9.55 Å². The van der Waals surface area contributed by atoms with Crippen molar-refractivity contribution in [3.63, 3.8) is 0 Å². The number of aliphatic hydroxyl groups is 1. The van der Waals surface area contributed by atoms with Crippen molar-refractivity contribution >= 4 is 5.69 Å². The molecule has 0 saturated heterocycles. The van der Waals surface area contributed by atoms with Crippen molar-refractivity contribution in [3.05, 3.63) is 48.0 Å². The van der Waals surface area contributed by atoms with Gasteiger partial charge in [0.1, 0.15) is 5.82 Å². The van der Waals surface area contributed by atoms with Gasteiger partial charge in [-0.25, -0.2) is 4.98 Å².